The highest BCUT2D eigenvalue weighted by molar-refractivity contribution is 7.89. The minimum atomic E-state index is -3.87. The Kier molecular flexibility index (Phi) is 7.73. The fourth-order valence-electron chi connectivity index (χ4n) is 3.35. The van der Waals surface area contributed by atoms with Crippen molar-refractivity contribution in [3.63, 3.8) is 0 Å². The zero-order chi connectivity index (χ0) is 24.2. The van der Waals surface area contributed by atoms with E-state index in [4.69, 9.17) is 21.1 Å². The summed E-state index contributed by atoms with van der Waals surface area (Å²) < 4.78 is 37.2. The SMILES string of the molecule is CCN(CC)S(=O)(=O)c1cc(C(=O)OCC(=O)c2ccc3cc(OC)ccc3c2)ccc1Cl. The molecule has 0 saturated carbocycles. The first-order valence-electron chi connectivity index (χ1n) is 10.3. The predicted molar refractivity (Wildman–Crippen MR) is 127 cm³/mol. The molecule has 0 unspecified atom stereocenters. The maximum atomic E-state index is 12.8. The van der Waals surface area contributed by atoms with E-state index in [1.54, 1.807) is 45.2 Å². The van der Waals surface area contributed by atoms with Gasteiger partial charge in [-0.2, -0.15) is 4.31 Å². The number of ketones is 1. The van der Waals surface area contributed by atoms with Crippen LogP contribution in [0.1, 0.15) is 34.6 Å². The normalized spacial score (nSPS) is 11.5. The highest BCUT2D eigenvalue weighted by atomic mass is 35.5. The van der Waals surface area contributed by atoms with Crippen LogP contribution in [0.3, 0.4) is 0 Å². The lowest BCUT2D eigenvalue weighted by molar-refractivity contribution is 0.0474. The third kappa shape index (κ3) is 5.35. The summed E-state index contributed by atoms with van der Waals surface area (Å²) in [5.74, 6) is -0.492. The average Bonchev–Trinajstić information content (AvgIpc) is 2.82. The van der Waals surface area contributed by atoms with Gasteiger partial charge in [0.2, 0.25) is 10.0 Å². The van der Waals surface area contributed by atoms with Gasteiger partial charge >= 0.3 is 5.97 Å². The van der Waals surface area contributed by atoms with Crippen LogP contribution in [0.25, 0.3) is 10.8 Å². The van der Waals surface area contributed by atoms with Crippen LogP contribution in [-0.4, -0.2) is 51.3 Å². The molecule has 0 N–H and O–H groups in total. The Labute approximate surface area is 197 Å². The van der Waals surface area contributed by atoms with Crippen molar-refractivity contribution in [2.45, 2.75) is 18.7 Å². The number of hydrogen-bond donors (Lipinski definition) is 0. The van der Waals surface area contributed by atoms with Gasteiger partial charge in [-0.1, -0.05) is 43.6 Å². The lowest BCUT2D eigenvalue weighted by atomic mass is 10.0. The molecule has 7 nitrogen and oxygen atoms in total. The van der Waals surface area contributed by atoms with E-state index >= 15 is 0 Å². The first-order valence-corrected chi connectivity index (χ1v) is 12.1. The van der Waals surface area contributed by atoms with Crippen LogP contribution in [0, 0.1) is 0 Å². The van der Waals surface area contributed by atoms with Crippen molar-refractivity contribution in [2.75, 3.05) is 26.8 Å². The molecular formula is C24H24ClNO6S. The van der Waals surface area contributed by atoms with E-state index in [0.717, 1.165) is 10.8 Å². The summed E-state index contributed by atoms with van der Waals surface area (Å²) in [5.41, 5.74) is 0.380. The highest BCUT2D eigenvalue weighted by Gasteiger charge is 2.26. The van der Waals surface area contributed by atoms with Gasteiger partial charge in [0.15, 0.2) is 12.4 Å². The Morgan fingerprint density at radius 2 is 1.55 bits per heavy atom. The monoisotopic (exact) mass is 489 g/mol. The number of Topliss-reactive ketones (excluding diaryl/α,β-unsaturated/α-hetero) is 1. The molecule has 0 aromatic heterocycles. The fraction of sp³-hybridized carbons (Fsp3) is 0.250. The molecule has 0 radical (unpaired) electrons. The highest BCUT2D eigenvalue weighted by Crippen LogP contribution is 2.26. The van der Waals surface area contributed by atoms with Gasteiger partial charge in [-0.05, 0) is 47.2 Å². The van der Waals surface area contributed by atoms with E-state index in [0.29, 0.717) is 11.3 Å². The number of benzene rings is 3. The van der Waals surface area contributed by atoms with Crippen LogP contribution < -0.4 is 4.74 Å². The third-order valence-electron chi connectivity index (χ3n) is 5.19. The van der Waals surface area contributed by atoms with E-state index in [2.05, 4.69) is 0 Å². The lowest BCUT2D eigenvalue weighted by Gasteiger charge is -2.19. The number of fused-ring (bicyclic) bond motifs is 1. The van der Waals surface area contributed by atoms with E-state index in [1.807, 2.05) is 12.1 Å². The van der Waals surface area contributed by atoms with Crippen molar-refractivity contribution in [1.29, 1.82) is 0 Å². The number of esters is 1. The van der Waals surface area contributed by atoms with E-state index in [9.17, 15) is 18.0 Å². The minimum Gasteiger partial charge on any atom is -0.497 e. The molecule has 0 aliphatic carbocycles. The van der Waals surface area contributed by atoms with E-state index in [-0.39, 0.29) is 34.4 Å². The molecule has 3 aromatic rings. The van der Waals surface area contributed by atoms with Gasteiger partial charge in [0.1, 0.15) is 10.6 Å². The van der Waals surface area contributed by atoms with E-state index < -0.39 is 22.6 Å². The van der Waals surface area contributed by atoms with Gasteiger partial charge in [-0.25, -0.2) is 13.2 Å². The molecule has 9 heteroatoms. The molecule has 0 bridgehead atoms. The van der Waals surface area contributed by atoms with Crippen molar-refractivity contribution in [3.8, 4) is 5.75 Å². The maximum absolute atomic E-state index is 12.8. The van der Waals surface area contributed by atoms with Crippen molar-refractivity contribution >= 4 is 44.1 Å². The molecule has 33 heavy (non-hydrogen) atoms. The van der Waals surface area contributed by atoms with Crippen LogP contribution in [-0.2, 0) is 14.8 Å². The minimum absolute atomic E-state index is 0.00215. The van der Waals surface area contributed by atoms with Crippen LogP contribution in [0.5, 0.6) is 5.75 Å². The molecule has 0 fully saturated rings. The Balaban J connectivity index is 1.75. The Bertz CT molecular complexity index is 1300. The topological polar surface area (TPSA) is 90.0 Å². The van der Waals surface area contributed by atoms with Crippen molar-refractivity contribution in [3.05, 3.63) is 70.7 Å². The molecule has 0 heterocycles. The molecule has 3 rings (SSSR count). The van der Waals surface area contributed by atoms with Crippen molar-refractivity contribution in [1.82, 2.24) is 4.31 Å². The number of ether oxygens (including phenoxy) is 2. The standard InChI is InChI=1S/C24H24ClNO6S/c1-4-26(5-2)33(29,30)23-14-19(9-11-21(23)25)24(28)32-15-22(27)18-7-6-17-13-20(31-3)10-8-16(17)12-18/h6-14H,4-5,15H2,1-3H3. The third-order valence-corrected chi connectivity index (χ3v) is 7.73. The number of rotatable bonds is 9. The lowest BCUT2D eigenvalue weighted by Crippen LogP contribution is -2.31. The van der Waals surface area contributed by atoms with Crippen LogP contribution in [0.15, 0.2) is 59.5 Å². The Morgan fingerprint density at radius 1 is 0.909 bits per heavy atom. The van der Waals surface area contributed by atoms with Gasteiger partial charge in [-0.3, -0.25) is 4.79 Å². The molecule has 0 spiro atoms. The average molecular weight is 490 g/mol. The number of sulfonamides is 1. The first kappa shape index (κ1) is 24.7. The summed E-state index contributed by atoms with van der Waals surface area (Å²) in [6.07, 6.45) is 0. The number of nitrogens with zero attached hydrogens (tertiary/aromatic N) is 1. The molecule has 0 aliphatic rings. The predicted octanol–water partition coefficient (Wildman–Crippen LogP) is 4.57. The molecule has 0 amide bonds. The van der Waals surface area contributed by atoms with Crippen LogP contribution in [0.4, 0.5) is 0 Å². The summed E-state index contributed by atoms with van der Waals surface area (Å²) in [5, 5.41) is 1.75. The zero-order valence-corrected chi connectivity index (χ0v) is 20.1. The molecule has 174 valence electrons. The second-order valence-electron chi connectivity index (χ2n) is 7.16. The number of carbonyl (C=O) groups excluding carboxylic acids is 2. The second-order valence-corrected chi connectivity index (χ2v) is 9.48. The first-order chi connectivity index (χ1) is 15.7. The molecule has 0 atom stereocenters. The fourth-order valence-corrected chi connectivity index (χ4v) is 5.31. The van der Waals surface area contributed by atoms with Crippen molar-refractivity contribution < 1.29 is 27.5 Å². The number of carbonyl (C=O) groups is 2. The summed E-state index contributed by atoms with van der Waals surface area (Å²) >= 11 is 6.10. The Morgan fingerprint density at radius 3 is 2.21 bits per heavy atom. The maximum Gasteiger partial charge on any atom is 0.338 e. The summed E-state index contributed by atoms with van der Waals surface area (Å²) in [4.78, 5) is 24.9. The quantitative estimate of drug-likeness (QED) is 0.323. The van der Waals surface area contributed by atoms with E-state index in [1.165, 1.54) is 22.5 Å². The summed E-state index contributed by atoms with van der Waals surface area (Å²) in [6.45, 7) is 3.46. The number of halogens is 1. The molecule has 0 saturated heterocycles. The smallest absolute Gasteiger partial charge is 0.338 e. The van der Waals surface area contributed by atoms with Gasteiger partial charge < -0.3 is 9.47 Å². The second kappa shape index (κ2) is 10.3. The van der Waals surface area contributed by atoms with Gasteiger partial charge in [0, 0.05) is 18.7 Å². The van der Waals surface area contributed by atoms with Gasteiger partial charge in [-0.15, -0.1) is 0 Å². The largest absolute Gasteiger partial charge is 0.497 e. The molecule has 0 aliphatic heterocycles. The summed E-state index contributed by atoms with van der Waals surface area (Å²) in [6, 6.07) is 14.5. The van der Waals surface area contributed by atoms with Crippen molar-refractivity contribution in [2.24, 2.45) is 0 Å². The zero-order valence-electron chi connectivity index (χ0n) is 18.5. The van der Waals surface area contributed by atoms with Crippen LogP contribution >= 0.6 is 11.6 Å². The van der Waals surface area contributed by atoms with Gasteiger partial charge in [0.05, 0.1) is 17.7 Å². The number of methoxy groups -OCH3 is 1. The van der Waals surface area contributed by atoms with Gasteiger partial charge in [0.25, 0.3) is 0 Å². The molecule has 3 aromatic carbocycles. The molecular weight excluding hydrogens is 466 g/mol. The van der Waals surface area contributed by atoms with Crippen LogP contribution in [0.2, 0.25) is 5.02 Å². The number of hydrogen-bond acceptors (Lipinski definition) is 6. The Hall–Kier alpha value is -2.94. The summed E-state index contributed by atoms with van der Waals surface area (Å²) in [7, 11) is -2.29.